The van der Waals surface area contributed by atoms with E-state index in [0.29, 0.717) is 0 Å². The first-order valence-electron chi connectivity index (χ1n) is 8.68. The maximum Gasteiger partial charge on any atom is 0.0378 e. The van der Waals surface area contributed by atoms with Gasteiger partial charge < -0.3 is 0 Å². The van der Waals surface area contributed by atoms with Gasteiger partial charge in [0, 0.05) is 23.8 Å². The summed E-state index contributed by atoms with van der Waals surface area (Å²) < 4.78 is 0. The van der Waals surface area contributed by atoms with Crippen LogP contribution < -0.4 is 0 Å². The highest BCUT2D eigenvalue weighted by Crippen LogP contribution is 2.19. The molecule has 0 aliphatic carbocycles. The first-order chi connectivity index (χ1) is 12.7. The topological polar surface area (TPSA) is 25.8 Å². The molecule has 0 radical (unpaired) electrons. The second-order valence-electron chi connectivity index (χ2n) is 6.10. The summed E-state index contributed by atoms with van der Waals surface area (Å²) in [6.45, 7) is 4.01. The molecule has 0 saturated carbocycles. The van der Waals surface area contributed by atoms with Crippen LogP contribution in [-0.4, -0.2) is 9.97 Å². The first-order valence-corrected chi connectivity index (χ1v) is 8.68. The molecule has 2 aromatic carbocycles. The fraction of sp³-hybridized carbons (Fsp3) is 0.0833. The summed E-state index contributed by atoms with van der Waals surface area (Å²) in [5.41, 5.74) is 7.06. The smallest absolute Gasteiger partial charge is 0.0378 e. The first kappa shape index (κ1) is 17.6. The van der Waals surface area contributed by atoms with Gasteiger partial charge in [0.15, 0.2) is 0 Å². The van der Waals surface area contributed by atoms with Gasteiger partial charge in [0.05, 0.1) is 0 Å². The molecule has 0 N–H and O–H groups in total. The second kappa shape index (κ2) is 8.72. The third-order valence-corrected chi connectivity index (χ3v) is 4.01. The van der Waals surface area contributed by atoms with Gasteiger partial charge in [0.2, 0.25) is 0 Å². The van der Waals surface area contributed by atoms with Crippen molar-refractivity contribution in [1.82, 2.24) is 9.97 Å². The van der Waals surface area contributed by atoms with E-state index in [1.54, 1.807) is 0 Å². The van der Waals surface area contributed by atoms with E-state index in [0.717, 1.165) is 11.4 Å². The molecule has 0 aliphatic rings. The standard InChI is InChI=1S/2C12H11N/c2*1-10-9-12(7-8-13-10)11-5-3-2-4-6-11/h2*2-9H,1H3. The molecule has 2 nitrogen and oxygen atoms in total. The minimum atomic E-state index is 1.06. The second-order valence-corrected chi connectivity index (χ2v) is 6.10. The van der Waals surface area contributed by atoms with Crippen molar-refractivity contribution in [3.05, 3.63) is 109 Å². The largest absolute Gasteiger partial charge is 0.262 e. The van der Waals surface area contributed by atoms with Crippen molar-refractivity contribution in [2.24, 2.45) is 0 Å². The van der Waals surface area contributed by atoms with Crippen LogP contribution in [0.4, 0.5) is 0 Å². The molecule has 0 fully saturated rings. The number of hydrogen-bond donors (Lipinski definition) is 0. The summed E-state index contributed by atoms with van der Waals surface area (Å²) in [7, 11) is 0. The molecule has 0 atom stereocenters. The molecule has 26 heavy (non-hydrogen) atoms. The number of benzene rings is 2. The van der Waals surface area contributed by atoms with Crippen LogP contribution in [0.5, 0.6) is 0 Å². The summed E-state index contributed by atoms with van der Waals surface area (Å²) in [6.07, 6.45) is 3.69. The number of nitrogens with zero attached hydrogens (tertiary/aromatic N) is 2. The van der Waals surface area contributed by atoms with Crippen LogP contribution in [0.15, 0.2) is 97.3 Å². The van der Waals surface area contributed by atoms with E-state index in [9.17, 15) is 0 Å². The minimum Gasteiger partial charge on any atom is -0.262 e. The van der Waals surface area contributed by atoms with Gasteiger partial charge in [-0.2, -0.15) is 0 Å². The summed E-state index contributed by atoms with van der Waals surface area (Å²) in [5.74, 6) is 0. The number of pyridine rings is 2. The third kappa shape index (κ3) is 4.87. The van der Waals surface area contributed by atoms with E-state index < -0.39 is 0 Å². The van der Waals surface area contributed by atoms with Crippen molar-refractivity contribution in [3.8, 4) is 22.3 Å². The van der Waals surface area contributed by atoms with Gasteiger partial charge >= 0.3 is 0 Å². The molecule has 0 amide bonds. The van der Waals surface area contributed by atoms with E-state index in [4.69, 9.17) is 0 Å². The predicted octanol–water partition coefficient (Wildman–Crippen LogP) is 6.11. The molecule has 0 bridgehead atoms. The Morgan fingerprint density at radius 1 is 0.462 bits per heavy atom. The molecule has 4 rings (SSSR count). The van der Waals surface area contributed by atoms with Gasteiger partial charge in [-0.25, -0.2) is 0 Å². The number of rotatable bonds is 2. The monoisotopic (exact) mass is 338 g/mol. The third-order valence-electron chi connectivity index (χ3n) is 4.01. The highest BCUT2D eigenvalue weighted by Gasteiger charge is 1.96. The summed E-state index contributed by atoms with van der Waals surface area (Å²) in [6, 6.07) is 28.9. The van der Waals surface area contributed by atoms with Gasteiger partial charge in [-0.1, -0.05) is 60.7 Å². The van der Waals surface area contributed by atoms with Crippen LogP contribution in [0.25, 0.3) is 22.3 Å². The van der Waals surface area contributed by atoms with E-state index in [2.05, 4.69) is 46.4 Å². The lowest BCUT2D eigenvalue weighted by molar-refractivity contribution is 1.20. The van der Waals surface area contributed by atoms with Crippen LogP contribution in [0.3, 0.4) is 0 Å². The van der Waals surface area contributed by atoms with Gasteiger partial charge in [-0.15, -0.1) is 0 Å². The molecule has 0 spiro atoms. The lowest BCUT2D eigenvalue weighted by Crippen LogP contribution is -1.81. The lowest BCUT2D eigenvalue weighted by Gasteiger charge is -2.00. The minimum absolute atomic E-state index is 1.06. The molecule has 2 heteroatoms. The molecule has 4 aromatic rings. The average molecular weight is 338 g/mol. The Morgan fingerprint density at radius 3 is 1.19 bits per heavy atom. The Morgan fingerprint density at radius 2 is 0.846 bits per heavy atom. The van der Waals surface area contributed by atoms with Crippen molar-refractivity contribution in [3.63, 3.8) is 0 Å². The molecule has 2 aromatic heterocycles. The Balaban J connectivity index is 0.000000151. The molecule has 0 saturated heterocycles. The quantitative estimate of drug-likeness (QED) is 0.440. The van der Waals surface area contributed by atoms with Crippen molar-refractivity contribution >= 4 is 0 Å². The van der Waals surface area contributed by atoms with Gasteiger partial charge in [0.1, 0.15) is 0 Å². The zero-order valence-electron chi connectivity index (χ0n) is 15.1. The molecular formula is C24H22N2. The molecule has 2 heterocycles. The average Bonchev–Trinajstić information content (AvgIpc) is 2.70. The normalized spacial score (nSPS) is 9.92. The molecule has 0 aliphatic heterocycles. The van der Waals surface area contributed by atoms with E-state index in [1.165, 1.54) is 22.3 Å². The maximum atomic E-state index is 4.17. The van der Waals surface area contributed by atoms with Crippen molar-refractivity contribution < 1.29 is 0 Å². The maximum absolute atomic E-state index is 4.17. The Kier molecular flexibility index (Phi) is 5.89. The van der Waals surface area contributed by atoms with Crippen molar-refractivity contribution in [1.29, 1.82) is 0 Å². The fourth-order valence-electron chi connectivity index (χ4n) is 2.71. The summed E-state index contributed by atoms with van der Waals surface area (Å²) in [4.78, 5) is 8.33. The van der Waals surface area contributed by atoms with E-state index in [-0.39, 0.29) is 0 Å². The molecule has 128 valence electrons. The molecular weight excluding hydrogens is 316 g/mol. The Hall–Kier alpha value is -3.26. The van der Waals surface area contributed by atoms with E-state index in [1.807, 2.05) is 74.8 Å². The van der Waals surface area contributed by atoms with Crippen LogP contribution in [0, 0.1) is 13.8 Å². The van der Waals surface area contributed by atoms with Crippen molar-refractivity contribution in [2.75, 3.05) is 0 Å². The van der Waals surface area contributed by atoms with Gasteiger partial charge in [-0.05, 0) is 60.4 Å². The van der Waals surface area contributed by atoms with Gasteiger partial charge in [-0.3, -0.25) is 9.97 Å². The summed E-state index contributed by atoms with van der Waals surface area (Å²) in [5, 5.41) is 0. The number of aryl methyl sites for hydroxylation is 2. The number of aromatic nitrogens is 2. The van der Waals surface area contributed by atoms with Crippen LogP contribution in [0.2, 0.25) is 0 Å². The highest BCUT2D eigenvalue weighted by molar-refractivity contribution is 5.63. The zero-order valence-corrected chi connectivity index (χ0v) is 15.1. The Labute approximate surface area is 155 Å². The van der Waals surface area contributed by atoms with Gasteiger partial charge in [0.25, 0.3) is 0 Å². The fourth-order valence-corrected chi connectivity index (χ4v) is 2.71. The SMILES string of the molecule is Cc1cc(-c2ccccc2)ccn1.Cc1cc(-c2ccccc2)ccn1. The van der Waals surface area contributed by atoms with Crippen molar-refractivity contribution in [2.45, 2.75) is 13.8 Å². The highest BCUT2D eigenvalue weighted by atomic mass is 14.7. The van der Waals surface area contributed by atoms with Crippen LogP contribution in [0.1, 0.15) is 11.4 Å². The number of hydrogen-bond acceptors (Lipinski definition) is 2. The van der Waals surface area contributed by atoms with Crippen LogP contribution in [-0.2, 0) is 0 Å². The Bertz CT molecular complexity index is 867. The van der Waals surface area contributed by atoms with E-state index >= 15 is 0 Å². The lowest BCUT2D eigenvalue weighted by atomic mass is 10.1. The molecule has 0 unspecified atom stereocenters. The van der Waals surface area contributed by atoms with Crippen LogP contribution >= 0.6 is 0 Å². The zero-order chi connectivity index (χ0) is 18.2. The predicted molar refractivity (Wildman–Crippen MR) is 109 cm³/mol. The summed E-state index contributed by atoms with van der Waals surface area (Å²) >= 11 is 0.